The highest BCUT2D eigenvalue weighted by atomic mass is 16.1. The first-order chi connectivity index (χ1) is 10.7. The molecule has 0 rings (SSSR count). The van der Waals surface area contributed by atoms with Crippen LogP contribution in [-0.2, 0) is 4.79 Å². The Labute approximate surface area is 137 Å². The van der Waals surface area contributed by atoms with Crippen molar-refractivity contribution in [2.45, 2.75) is 72.1 Å². The lowest BCUT2D eigenvalue weighted by Gasteiger charge is -2.03. The SMILES string of the molecule is CC/C=C/CCCCCC(=O)NCC/C=C\C/C=C\C(C)C. The lowest BCUT2D eigenvalue weighted by Crippen LogP contribution is -2.23. The third-order valence-electron chi connectivity index (χ3n) is 3.27. The molecule has 2 heteroatoms. The third kappa shape index (κ3) is 16.7. The van der Waals surface area contributed by atoms with Gasteiger partial charge in [0.05, 0.1) is 0 Å². The number of nitrogens with one attached hydrogen (secondary N) is 1. The zero-order valence-electron chi connectivity index (χ0n) is 14.8. The second-order valence-electron chi connectivity index (χ2n) is 6.00. The Morgan fingerprint density at radius 2 is 1.73 bits per heavy atom. The molecule has 0 unspecified atom stereocenters. The number of carbonyl (C=O) groups is 1. The van der Waals surface area contributed by atoms with Gasteiger partial charge in [-0.25, -0.2) is 0 Å². The molecule has 0 aromatic carbocycles. The Kier molecular flexibility index (Phi) is 15.1. The van der Waals surface area contributed by atoms with E-state index < -0.39 is 0 Å². The molecule has 2 nitrogen and oxygen atoms in total. The molecule has 0 saturated carbocycles. The fourth-order valence-corrected chi connectivity index (χ4v) is 2.04. The van der Waals surface area contributed by atoms with Gasteiger partial charge in [-0.15, -0.1) is 0 Å². The predicted octanol–water partition coefficient (Wildman–Crippen LogP) is 5.57. The van der Waals surface area contributed by atoms with Gasteiger partial charge in [-0.2, -0.15) is 0 Å². The number of rotatable bonds is 13. The van der Waals surface area contributed by atoms with Crippen LogP contribution in [0.15, 0.2) is 36.5 Å². The molecule has 1 N–H and O–H groups in total. The smallest absolute Gasteiger partial charge is 0.220 e. The van der Waals surface area contributed by atoms with Crippen LogP contribution in [0.5, 0.6) is 0 Å². The molecule has 0 radical (unpaired) electrons. The highest BCUT2D eigenvalue weighted by Gasteiger charge is 1.98. The molecule has 0 spiro atoms. The minimum absolute atomic E-state index is 0.192. The molecule has 0 saturated heterocycles. The van der Waals surface area contributed by atoms with Gasteiger partial charge in [-0.3, -0.25) is 4.79 Å². The second-order valence-corrected chi connectivity index (χ2v) is 6.00. The van der Waals surface area contributed by atoms with Crippen molar-refractivity contribution in [1.82, 2.24) is 5.32 Å². The minimum Gasteiger partial charge on any atom is -0.356 e. The largest absolute Gasteiger partial charge is 0.356 e. The monoisotopic (exact) mass is 305 g/mol. The van der Waals surface area contributed by atoms with Gasteiger partial charge < -0.3 is 5.32 Å². The van der Waals surface area contributed by atoms with Gasteiger partial charge in [-0.05, 0) is 44.4 Å². The maximum Gasteiger partial charge on any atom is 0.220 e. The number of hydrogen-bond acceptors (Lipinski definition) is 1. The van der Waals surface area contributed by atoms with E-state index in [0.717, 1.165) is 45.1 Å². The van der Waals surface area contributed by atoms with Crippen molar-refractivity contribution in [3.05, 3.63) is 36.5 Å². The van der Waals surface area contributed by atoms with Crippen molar-refractivity contribution in [2.75, 3.05) is 6.54 Å². The summed E-state index contributed by atoms with van der Waals surface area (Å²) in [6.45, 7) is 7.26. The number of allylic oxidation sites excluding steroid dienone is 5. The number of amides is 1. The third-order valence-corrected chi connectivity index (χ3v) is 3.27. The van der Waals surface area contributed by atoms with Gasteiger partial charge in [-0.1, -0.05) is 63.6 Å². The highest BCUT2D eigenvalue weighted by molar-refractivity contribution is 5.75. The summed E-state index contributed by atoms with van der Waals surface area (Å²) in [7, 11) is 0. The maximum atomic E-state index is 11.6. The Hall–Kier alpha value is -1.31. The Morgan fingerprint density at radius 1 is 0.955 bits per heavy atom. The Balaban J connectivity index is 3.39. The van der Waals surface area contributed by atoms with Crippen molar-refractivity contribution in [3.63, 3.8) is 0 Å². The van der Waals surface area contributed by atoms with Crippen LogP contribution >= 0.6 is 0 Å². The van der Waals surface area contributed by atoms with E-state index in [-0.39, 0.29) is 5.91 Å². The van der Waals surface area contributed by atoms with Crippen LogP contribution in [0.25, 0.3) is 0 Å². The van der Waals surface area contributed by atoms with Crippen molar-refractivity contribution >= 4 is 5.91 Å². The van der Waals surface area contributed by atoms with Crippen LogP contribution in [0.3, 0.4) is 0 Å². The lowest BCUT2D eigenvalue weighted by atomic mass is 10.1. The van der Waals surface area contributed by atoms with Gasteiger partial charge in [0.15, 0.2) is 0 Å². The molecular weight excluding hydrogens is 270 g/mol. The molecule has 0 aliphatic rings. The van der Waals surface area contributed by atoms with E-state index in [1.54, 1.807) is 0 Å². The number of unbranched alkanes of at least 4 members (excludes halogenated alkanes) is 3. The van der Waals surface area contributed by atoms with Gasteiger partial charge >= 0.3 is 0 Å². The maximum absolute atomic E-state index is 11.6. The first-order valence-corrected chi connectivity index (χ1v) is 8.90. The average Bonchev–Trinajstić information content (AvgIpc) is 2.48. The van der Waals surface area contributed by atoms with Crippen LogP contribution in [0, 0.1) is 5.92 Å². The van der Waals surface area contributed by atoms with E-state index in [9.17, 15) is 4.79 Å². The van der Waals surface area contributed by atoms with Crippen LogP contribution < -0.4 is 5.32 Å². The van der Waals surface area contributed by atoms with E-state index in [0.29, 0.717) is 12.3 Å². The van der Waals surface area contributed by atoms with E-state index in [1.165, 1.54) is 6.42 Å². The Morgan fingerprint density at radius 3 is 2.45 bits per heavy atom. The zero-order valence-corrected chi connectivity index (χ0v) is 14.8. The van der Waals surface area contributed by atoms with Crippen molar-refractivity contribution in [1.29, 1.82) is 0 Å². The lowest BCUT2D eigenvalue weighted by molar-refractivity contribution is -0.121. The summed E-state index contributed by atoms with van der Waals surface area (Å²) >= 11 is 0. The number of carbonyl (C=O) groups excluding carboxylic acids is 1. The summed E-state index contributed by atoms with van der Waals surface area (Å²) in [5, 5.41) is 2.98. The van der Waals surface area contributed by atoms with Gasteiger partial charge in [0.25, 0.3) is 0 Å². The van der Waals surface area contributed by atoms with E-state index in [4.69, 9.17) is 0 Å². The summed E-state index contributed by atoms with van der Waals surface area (Å²) in [4.78, 5) is 11.6. The molecule has 0 aromatic heterocycles. The summed E-state index contributed by atoms with van der Waals surface area (Å²) in [5.41, 5.74) is 0. The molecule has 0 aliphatic heterocycles. The molecule has 0 bridgehead atoms. The van der Waals surface area contributed by atoms with Crippen LogP contribution in [0.4, 0.5) is 0 Å². The summed E-state index contributed by atoms with van der Waals surface area (Å²) < 4.78 is 0. The topological polar surface area (TPSA) is 29.1 Å². The van der Waals surface area contributed by atoms with Gasteiger partial charge in [0, 0.05) is 13.0 Å². The molecule has 0 atom stereocenters. The van der Waals surface area contributed by atoms with Crippen molar-refractivity contribution in [2.24, 2.45) is 5.92 Å². The van der Waals surface area contributed by atoms with Crippen LogP contribution in [-0.4, -0.2) is 12.5 Å². The normalized spacial score (nSPS) is 12.2. The molecule has 0 fully saturated rings. The van der Waals surface area contributed by atoms with Crippen LogP contribution in [0.2, 0.25) is 0 Å². The first kappa shape index (κ1) is 20.7. The fourth-order valence-electron chi connectivity index (χ4n) is 2.04. The molecular formula is C20H35NO. The number of hydrogen-bond donors (Lipinski definition) is 1. The van der Waals surface area contributed by atoms with Crippen molar-refractivity contribution in [3.8, 4) is 0 Å². The molecule has 1 amide bonds. The van der Waals surface area contributed by atoms with Gasteiger partial charge in [0.2, 0.25) is 5.91 Å². The fraction of sp³-hybridized carbons (Fsp3) is 0.650. The zero-order chi connectivity index (χ0) is 16.5. The molecule has 22 heavy (non-hydrogen) atoms. The highest BCUT2D eigenvalue weighted by Crippen LogP contribution is 2.04. The second kappa shape index (κ2) is 16.1. The molecule has 0 aromatic rings. The predicted molar refractivity (Wildman–Crippen MR) is 97.9 cm³/mol. The molecule has 0 aliphatic carbocycles. The summed E-state index contributed by atoms with van der Waals surface area (Å²) in [6, 6.07) is 0. The first-order valence-electron chi connectivity index (χ1n) is 8.90. The quantitative estimate of drug-likeness (QED) is 0.350. The molecule has 0 heterocycles. The average molecular weight is 306 g/mol. The summed E-state index contributed by atoms with van der Waals surface area (Å²) in [5.74, 6) is 0.813. The summed E-state index contributed by atoms with van der Waals surface area (Å²) in [6.07, 6.45) is 21.3. The van der Waals surface area contributed by atoms with Crippen LogP contribution in [0.1, 0.15) is 72.1 Å². The van der Waals surface area contributed by atoms with Gasteiger partial charge in [0.1, 0.15) is 0 Å². The van der Waals surface area contributed by atoms with Crippen molar-refractivity contribution < 1.29 is 4.79 Å². The van der Waals surface area contributed by atoms with E-state index in [2.05, 4.69) is 62.5 Å². The Bertz CT molecular complexity index is 340. The molecule has 126 valence electrons. The minimum atomic E-state index is 0.192. The standard InChI is InChI=1S/C20H35NO/c1-4-5-6-7-8-11-14-17-20(22)21-18-15-12-9-10-13-16-19(2)3/h5-6,9,12-13,16,19H,4,7-8,10-11,14-15,17-18H2,1-3H3,(H,21,22)/b6-5+,12-9-,16-13-. The van der Waals surface area contributed by atoms with E-state index >= 15 is 0 Å². The van der Waals surface area contributed by atoms with E-state index in [1.807, 2.05) is 0 Å².